The molecule has 0 radical (unpaired) electrons. The van der Waals surface area contributed by atoms with Crippen molar-refractivity contribution in [1.82, 2.24) is 0 Å². The standard InChI is InChI=1S/C28H40N2.CH3.BrH.Ni/c1-17(2)23-13-11-14-24(18(3)4)27(23)29-21(9)22(10)30-28-25(19(5)6)15-12-16-26(28)20(7)8;;;/h11-20H,1-10H3;1H3;1H;/q;-1;;+1/p-1. The van der Waals surface area contributed by atoms with E-state index in [1.165, 1.54) is 22.3 Å². The van der Waals surface area contributed by atoms with Crippen LogP contribution in [0.4, 0.5) is 11.4 Å². The Kier molecular flexibility index (Phi) is 14.3. The van der Waals surface area contributed by atoms with E-state index in [4.69, 9.17) is 9.98 Å². The van der Waals surface area contributed by atoms with Crippen molar-refractivity contribution in [2.45, 2.75) is 92.9 Å². The van der Waals surface area contributed by atoms with Crippen molar-refractivity contribution in [1.29, 1.82) is 0 Å². The monoisotopic (exact) mass is 556 g/mol. The number of hydrogen-bond donors (Lipinski definition) is 0. The maximum absolute atomic E-state index is 5.13. The van der Waals surface area contributed by atoms with Crippen LogP contribution in [-0.2, 0) is 13.7 Å². The fraction of sp³-hybridized carbons (Fsp3) is 0.483. The molecule has 4 heteroatoms. The van der Waals surface area contributed by atoms with Crippen LogP contribution >= 0.6 is 14.2 Å². The number of rotatable bonds is 7. The fourth-order valence-corrected chi connectivity index (χ4v) is 3.78. The molecule has 0 amide bonds. The Bertz CT molecular complexity index is 811. The molecule has 0 heterocycles. The molecule has 2 nitrogen and oxygen atoms in total. The summed E-state index contributed by atoms with van der Waals surface area (Å²) in [6, 6.07) is 13.2. The van der Waals surface area contributed by atoms with Gasteiger partial charge >= 0.3 is 27.9 Å². The van der Waals surface area contributed by atoms with Crippen molar-refractivity contribution in [3.63, 3.8) is 0 Å². The van der Waals surface area contributed by atoms with Crippen molar-refractivity contribution in [2.75, 3.05) is 0 Å². The van der Waals surface area contributed by atoms with Crippen molar-refractivity contribution < 1.29 is 13.7 Å². The quantitative estimate of drug-likeness (QED) is 0.184. The van der Waals surface area contributed by atoms with Crippen LogP contribution < -0.4 is 0 Å². The molecule has 187 valence electrons. The van der Waals surface area contributed by atoms with Crippen LogP contribution in [0, 0.1) is 7.43 Å². The summed E-state index contributed by atoms with van der Waals surface area (Å²) in [6.07, 6.45) is 0. The Morgan fingerprint density at radius 3 is 0.970 bits per heavy atom. The molecule has 33 heavy (non-hydrogen) atoms. The van der Waals surface area contributed by atoms with E-state index in [0.717, 1.165) is 22.8 Å². The first-order valence-electron chi connectivity index (χ1n) is 11.5. The van der Waals surface area contributed by atoms with E-state index in [-0.39, 0.29) is 7.43 Å². The van der Waals surface area contributed by atoms with Gasteiger partial charge in [0.05, 0.1) is 22.8 Å². The van der Waals surface area contributed by atoms with E-state index < -0.39 is 0 Å². The van der Waals surface area contributed by atoms with Gasteiger partial charge in [-0.05, 0) is 59.8 Å². The van der Waals surface area contributed by atoms with Crippen molar-refractivity contribution >= 4 is 37.0 Å². The molecule has 0 aromatic heterocycles. The van der Waals surface area contributed by atoms with E-state index in [2.05, 4.69) is 134 Å². The summed E-state index contributed by atoms with van der Waals surface area (Å²) < 4.78 is 0. The Morgan fingerprint density at radius 2 is 0.788 bits per heavy atom. The van der Waals surface area contributed by atoms with Crippen LogP contribution in [0.15, 0.2) is 46.4 Å². The summed E-state index contributed by atoms with van der Waals surface area (Å²) in [5.74, 6) is 1.73. The fourth-order valence-electron chi connectivity index (χ4n) is 3.78. The van der Waals surface area contributed by atoms with E-state index in [9.17, 15) is 0 Å². The number of halogens is 1. The Morgan fingerprint density at radius 1 is 0.576 bits per heavy atom. The second kappa shape index (κ2) is 14.9. The average molecular weight is 558 g/mol. The second-order valence-corrected chi connectivity index (χ2v) is 9.58. The van der Waals surface area contributed by atoms with Gasteiger partial charge in [0.25, 0.3) is 0 Å². The molecule has 0 aliphatic rings. The van der Waals surface area contributed by atoms with Crippen molar-refractivity contribution in [2.24, 2.45) is 9.98 Å². The molecule has 0 aliphatic heterocycles. The Balaban J connectivity index is 0.00000332. The summed E-state index contributed by atoms with van der Waals surface area (Å²) in [5.41, 5.74) is 9.43. The predicted octanol–water partition coefficient (Wildman–Crippen LogP) is 10.4. The van der Waals surface area contributed by atoms with Crippen molar-refractivity contribution in [3.05, 3.63) is 66.1 Å². The minimum absolute atomic E-state index is 0. The molecule has 0 unspecified atom stereocenters. The first-order chi connectivity index (χ1) is 15.0. The number of para-hydroxylation sites is 2. The molecule has 0 atom stereocenters. The number of benzene rings is 2. The molecule has 2 aromatic rings. The van der Waals surface area contributed by atoms with Crippen LogP contribution in [0.3, 0.4) is 0 Å². The summed E-state index contributed by atoms with van der Waals surface area (Å²) in [5, 5.41) is 0. The molecular weight excluding hydrogens is 515 g/mol. The number of nitrogens with zero attached hydrogens (tertiary/aromatic N) is 2. The van der Waals surface area contributed by atoms with Crippen LogP contribution in [-0.4, -0.2) is 11.4 Å². The Hall–Kier alpha value is -1.25. The minimum atomic E-state index is 0. The summed E-state index contributed by atoms with van der Waals surface area (Å²) in [7, 11) is 0. The van der Waals surface area contributed by atoms with Gasteiger partial charge in [-0.15, -0.1) is 0 Å². The van der Waals surface area contributed by atoms with Gasteiger partial charge in [-0.3, -0.25) is 9.98 Å². The van der Waals surface area contributed by atoms with Gasteiger partial charge in [0, 0.05) is 0 Å². The van der Waals surface area contributed by atoms with E-state index in [1.807, 2.05) is 0 Å². The van der Waals surface area contributed by atoms with Gasteiger partial charge < -0.3 is 7.43 Å². The summed E-state index contributed by atoms with van der Waals surface area (Å²) >= 11 is 6.25. The van der Waals surface area contributed by atoms with E-state index in [0.29, 0.717) is 23.7 Å². The number of hydrogen-bond acceptors (Lipinski definition) is 2. The molecule has 2 rings (SSSR count). The molecule has 0 spiro atoms. The zero-order chi connectivity index (χ0) is 24.6. The first-order valence-corrected chi connectivity index (χ1v) is 14.0. The molecule has 0 bridgehead atoms. The summed E-state index contributed by atoms with van der Waals surface area (Å²) in [6.45, 7) is 22.1. The maximum atomic E-state index is 5.13. The van der Waals surface area contributed by atoms with Gasteiger partial charge in [-0.2, -0.15) is 0 Å². The first kappa shape index (κ1) is 31.8. The SMILES string of the molecule is CC(=Nc1c(C(C)C)cccc1C(C)C)C(C)=Nc1c(C(C)C)cccc1C(C)C.[CH3-].[Ni][Br]. The third kappa shape index (κ3) is 8.48. The molecule has 0 N–H and O–H groups in total. The van der Waals surface area contributed by atoms with Crippen LogP contribution in [0.25, 0.3) is 0 Å². The van der Waals surface area contributed by atoms with Crippen LogP contribution in [0.2, 0.25) is 0 Å². The van der Waals surface area contributed by atoms with Crippen LogP contribution in [0.5, 0.6) is 0 Å². The van der Waals surface area contributed by atoms with E-state index >= 15 is 0 Å². The number of aliphatic imine (C=N–C) groups is 2. The van der Waals surface area contributed by atoms with Gasteiger partial charge in [0.1, 0.15) is 0 Å². The molecule has 0 saturated heterocycles. The predicted molar refractivity (Wildman–Crippen MR) is 150 cm³/mol. The topological polar surface area (TPSA) is 24.7 Å². The Labute approximate surface area is 218 Å². The van der Waals surface area contributed by atoms with E-state index in [1.54, 1.807) is 0 Å². The van der Waals surface area contributed by atoms with Gasteiger partial charge in [-0.25, -0.2) is 0 Å². The second-order valence-electron chi connectivity index (χ2n) is 9.58. The normalized spacial score (nSPS) is 12.3. The molecule has 0 fully saturated rings. The van der Waals surface area contributed by atoms with Crippen molar-refractivity contribution in [3.8, 4) is 0 Å². The molecule has 2 aromatic carbocycles. The molecular formula is C29H43BrN2Ni-. The van der Waals surface area contributed by atoms with Gasteiger partial charge in [0.15, 0.2) is 0 Å². The zero-order valence-electron chi connectivity index (χ0n) is 22.4. The third-order valence-corrected chi connectivity index (χ3v) is 5.77. The van der Waals surface area contributed by atoms with Gasteiger partial charge in [-0.1, -0.05) is 91.8 Å². The third-order valence-electron chi connectivity index (χ3n) is 5.77. The zero-order valence-corrected chi connectivity index (χ0v) is 24.9. The van der Waals surface area contributed by atoms with Crippen LogP contribution in [0.1, 0.15) is 115 Å². The average Bonchev–Trinajstić information content (AvgIpc) is 2.74. The molecule has 0 saturated carbocycles. The van der Waals surface area contributed by atoms with Gasteiger partial charge in [0.2, 0.25) is 0 Å². The summed E-state index contributed by atoms with van der Waals surface area (Å²) in [4.78, 5) is 10.3. The molecule has 0 aliphatic carbocycles.